The average molecular weight is 691 g/mol. The van der Waals surface area contributed by atoms with Gasteiger partial charge in [0.05, 0.1) is 18.7 Å². The third-order valence-corrected chi connectivity index (χ3v) is 4.54. The topological polar surface area (TPSA) is 104 Å². The van der Waals surface area contributed by atoms with Gasteiger partial charge in [-0.3, -0.25) is 5.14 Å². The number of hydrogen-bond donors (Lipinski definition) is 3. The second kappa shape index (κ2) is 14.0. The quantitative estimate of drug-likeness (QED) is 0.306. The summed E-state index contributed by atoms with van der Waals surface area (Å²) >= 11 is 1.05. The maximum Gasteiger partial charge on any atom is 0.391 e. The minimum absolute atomic E-state index is 0. The maximum absolute atomic E-state index is 13.4. The summed E-state index contributed by atoms with van der Waals surface area (Å²) in [5.41, 5.74) is 7.73. The Morgan fingerprint density at radius 3 is 2.29 bits per heavy atom. The van der Waals surface area contributed by atoms with E-state index in [9.17, 15) is 22.0 Å². The van der Waals surface area contributed by atoms with Crippen LogP contribution < -0.4 is 15.2 Å². The normalized spacial score (nSPS) is 16.9. The van der Waals surface area contributed by atoms with Crippen molar-refractivity contribution < 1.29 is 62.9 Å². The van der Waals surface area contributed by atoms with Gasteiger partial charge in [0, 0.05) is 50.5 Å². The number of anilines is 1. The summed E-state index contributed by atoms with van der Waals surface area (Å²) in [6.07, 6.45) is -2.79. The third kappa shape index (κ3) is 9.02. The molecule has 1 aromatic carbocycles. The summed E-state index contributed by atoms with van der Waals surface area (Å²) in [6.45, 7) is 0. The van der Waals surface area contributed by atoms with Crippen LogP contribution in [0.3, 0.4) is 0 Å². The number of aliphatic hydroxyl groups is 1. The van der Waals surface area contributed by atoms with Crippen LogP contribution in [0, 0.1) is 48.7 Å². The minimum atomic E-state index is -4.20. The summed E-state index contributed by atoms with van der Waals surface area (Å²) in [6, 6.07) is 4.97. The molecule has 1 aromatic heterocycles. The van der Waals surface area contributed by atoms with Crippen LogP contribution in [-0.2, 0) is 0 Å². The number of hydrogen-bond acceptors (Lipinski definition) is 6. The second-order valence-electron chi connectivity index (χ2n) is 5.99. The Hall–Kier alpha value is -1.26. The number of aromatic nitrogens is 1. The number of rotatable bonds is 4. The zero-order valence-electron chi connectivity index (χ0n) is 16.6. The molecule has 1 fully saturated rings. The van der Waals surface area contributed by atoms with Crippen molar-refractivity contribution in [3.63, 3.8) is 0 Å². The molecule has 2 aromatic rings. The summed E-state index contributed by atoms with van der Waals surface area (Å²) < 4.78 is 68.0. The van der Waals surface area contributed by atoms with Gasteiger partial charge >= 0.3 is 6.18 Å². The molecular formula is C18H22F5N4O2SU-. The Morgan fingerprint density at radius 2 is 1.84 bits per heavy atom. The van der Waals surface area contributed by atoms with Crippen molar-refractivity contribution in [1.82, 2.24) is 4.98 Å². The molecule has 172 valence electrons. The van der Waals surface area contributed by atoms with E-state index in [0.717, 1.165) is 25.1 Å². The van der Waals surface area contributed by atoms with Crippen molar-refractivity contribution in [3.05, 3.63) is 47.8 Å². The summed E-state index contributed by atoms with van der Waals surface area (Å²) in [5.74, 6) is -3.87. The number of nitrogens with two attached hydrogens (primary N) is 1. The molecule has 0 amide bonds. The van der Waals surface area contributed by atoms with Crippen molar-refractivity contribution in [2.45, 2.75) is 30.1 Å². The van der Waals surface area contributed by atoms with Gasteiger partial charge in [-0.05, 0) is 43.0 Å². The van der Waals surface area contributed by atoms with E-state index in [1.165, 1.54) is 13.2 Å². The zero-order chi connectivity index (χ0) is 22.9. The summed E-state index contributed by atoms with van der Waals surface area (Å²) in [4.78, 5) is 3.88. The van der Waals surface area contributed by atoms with Gasteiger partial charge in [0.1, 0.15) is 5.03 Å². The Labute approximate surface area is 204 Å². The van der Waals surface area contributed by atoms with Gasteiger partial charge in [-0.15, -0.1) is 5.69 Å². The number of halogens is 5. The Bertz CT molecular complexity index is 811. The fraction of sp³-hybridized carbons (Fsp3) is 0.389. The number of benzene rings is 1. The first-order valence-corrected chi connectivity index (χ1v) is 9.38. The molecule has 31 heavy (non-hydrogen) atoms. The van der Waals surface area contributed by atoms with Gasteiger partial charge in [-0.25, -0.2) is 9.37 Å². The molecule has 1 aliphatic carbocycles. The van der Waals surface area contributed by atoms with E-state index < -0.39 is 29.8 Å². The summed E-state index contributed by atoms with van der Waals surface area (Å²) in [5, 5.41) is 15.6. The molecule has 0 spiro atoms. The fourth-order valence-electron chi connectivity index (χ4n) is 2.54. The van der Waals surface area contributed by atoms with E-state index >= 15 is 0 Å². The predicted molar refractivity (Wildman–Crippen MR) is 106 cm³/mol. The molecule has 0 aliphatic heterocycles. The number of nitrogens with one attached hydrogen (secondary N) is 2. The Balaban J connectivity index is 0.000000633. The molecule has 6 nitrogen and oxygen atoms in total. The van der Waals surface area contributed by atoms with Crippen LogP contribution in [0.15, 0.2) is 35.5 Å². The molecule has 3 rings (SSSR count). The molecular weight excluding hydrogens is 669 g/mol. The van der Waals surface area contributed by atoms with Gasteiger partial charge in [-0.1, -0.05) is 6.07 Å². The first-order valence-electron chi connectivity index (χ1n) is 8.50. The number of ether oxygens (including phenoxy) is 1. The van der Waals surface area contributed by atoms with Gasteiger partial charge in [0.2, 0.25) is 5.82 Å². The van der Waals surface area contributed by atoms with Crippen LogP contribution in [0.25, 0.3) is 5.73 Å². The van der Waals surface area contributed by atoms with Crippen LogP contribution >= 0.6 is 11.9 Å². The molecule has 13 heteroatoms. The average Bonchev–Trinajstić information content (AvgIpc) is 2.68. The maximum atomic E-state index is 13.4. The van der Waals surface area contributed by atoms with Crippen molar-refractivity contribution in [1.29, 1.82) is 0 Å². The van der Waals surface area contributed by atoms with E-state index in [-0.39, 0.29) is 55.4 Å². The molecule has 0 bridgehead atoms. The molecule has 1 aliphatic rings. The fourth-order valence-corrected chi connectivity index (χ4v) is 2.86. The largest absolute Gasteiger partial charge is 0.699 e. The minimum Gasteiger partial charge on any atom is -0.699 e. The SMILES string of the molecule is CO.COc1c(NC2CC(C(F)(F)F)C2)ccc(F)c1F.[NH-]c1ccnc(SN)c1.[U]. The van der Waals surface area contributed by atoms with E-state index in [0.29, 0.717) is 10.7 Å². The monoisotopic (exact) mass is 691 g/mol. The first kappa shape index (κ1) is 29.7. The molecule has 1 saturated carbocycles. The number of nitrogens with zero attached hydrogens (tertiary/aromatic N) is 1. The van der Waals surface area contributed by atoms with Crippen LogP contribution in [0.1, 0.15) is 12.8 Å². The van der Waals surface area contributed by atoms with Gasteiger partial charge in [-0.2, -0.15) is 17.6 Å². The zero-order valence-corrected chi connectivity index (χ0v) is 21.6. The van der Waals surface area contributed by atoms with Crippen molar-refractivity contribution in [3.8, 4) is 5.75 Å². The Morgan fingerprint density at radius 1 is 1.23 bits per heavy atom. The number of aliphatic hydroxyl groups excluding tert-OH is 1. The van der Waals surface area contributed by atoms with Crippen LogP contribution in [-0.4, -0.2) is 36.5 Å². The second-order valence-corrected chi connectivity index (χ2v) is 6.65. The Kier molecular flexibility index (Phi) is 13.4. The number of alkyl halides is 3. The van der Waals surface area contributed by atoms with Gasteiger partial charge < -0.3 is 20.9 Å². The molecule has 0 unspecified atom stereocenters. The molecule has 0 radical (unpaired) electrons. The number of pyridine rings is 1. The third-order valence-electron chi connectivity index (χ3n) is 4.07. The molecule has 0 atom stereocenters. The summed E-state index contributed by atoms with van der Waals surface area (Å²) in [7, 11) is 2.17. The van der Waals surface area contributed by atoms with Crippen LogP contribution in [0.5, 0.6) is 5.75 Å². The van der Waals surface area contributed by atoms with Crippen molar-refractivity contribution in [2.75, 3.05) is 19.5 Å². The molecule has 1 heterocycles. The van der Waals surface area contributed by atoms with E-state index in [2.05, 4.69) is 10.3 Å². The molecule has 0 saturated heterocycles. The van der Waals surface area contributed by atoms with Gasteiger partial charge in [0.15, 0.2) is 11.6 Å². The smallest absolute Gasteiger partial charge is 0.391 e. The predicted octanol–water partition coefficient (Wildman–Crippen LogP) is 5.07. The van der Waals surface area contributed by atoms with Gasteiger partial charge in [0.25, 0.3) is 0 Å². The number of methoxy groups -OCH3 is 1. The van der Waals surface area contributed by atoms with Crippen molar-refractivity contribution >= 4 is 23.3 Å². The molecule has 5 N–H and O–H groups in total. The van der Waals surface area contributed by atoms with E-state index in [1.807, 2.05) is 0 Å². The first-order chi connectivity index (χ1) is 14.2. The van der Waals surface area contributed by atoms with Crippen molar-refractivity contribution in [2.24, 2.45) is 11.1 Å². The standard InChI is InChI=1S/C12H12F5NO.C5H6N3S.CH4O.U/c1-19-11-9(3-2-8(13)10(11)14)18-7-4-6(5-7)12(15,16)17;6-4-1-2-8-5(3-4)9-7;1-2;/h2-3,6-7,18H,4-5H2,1H3;1-3H,7H2,(H-,6,8);2H,1H3;/q;-1;;. The van der Waals surface area contributed by atoms with Crippen LogP contribution in [0.4, 0.5) is 33.3 Å². The van der Waals surface area contributed by atoms with E-state index in [1.54, 1.807) is 18.3 Å². The van der Waals surface area contributed by atoms with Crippen LogP contribution in [0.2, 0.25) is 0 Å². The van der Waals surface area contributed by atoms with E-state index in [4.69, 9.17) is 20.7 Å².